The average molecular weight is 514 g/mol. The molecule has 1 N–H and O–H groups in total. The van der Waals surface area contributed by atoms with Crippen molar-refractivity contribution in [2.45, 2.75) is 0 Å². The SMILES string of the molecule is O=C1NC(=S)N(c2ccc(Cl)cc2)C(=O)/C1=C/c1ccc(Oc2ccccc2Cl)c([N+](=O)[O-])c1. The first kappa shape index (κ1) is 23.4. The van der Waals surface area contributed by atoms with Crippen LogP contribution in [0.3, 0.4) is 0 Å². The van der Waals surface area contributed by atoms with Crippen LogP contribution in [0.5, 0.6) is 11.5 Å². The quantitative estimate of drug-likeness (QED) is 0.158. The molecule has 0 aromatic heterocycles. The number of rotatable bonds is 5. The van der Waals surface area contributed by atoms with E-state index in [2.05, 4.69) is 5.32 Å². The molecule has 8 nitrogen and oxygen atoms in total. The summed E-state index contributed by atoms with van der Waals surface area (Å²) >= 11 is 17.1. The maximum Gasteiger partial charge on any atom is 0.312 e. The number of carbonyl (C=O) groups excluding carboxylic acids is 2. The molecule has 1 fully saturated rings. The van der Waals surface area contributed by atoms with Gasteiger partial charge in [-0.25, -0.2) is 0 Å². The van der Waals surface area contributed by atoms with Crippen molar-refractivity contribution in [2.75, 3.05) is 4.90 Å². The van der Waals surface area contributed by atoms with Gasteiger partial charge < -0.3 is 4.74 Å². The molecule has 0 spiro atoms. The summed E-state index contributed by atoms with van der Waals surface area (Å²) < 4.78 is 5.61. The molecular weight excluding hydrogens is 501 g/mol. The topological polar surface area (TPSA) is 102 Å². The Morgan fingerprint density at radius 2 is 1.71 bits per heavy atom. The fraction of sp³-hybridized carbons (Fsp3) is 0. The number of nitrogens with zero attached hydrogens (tertiary/aromatic N) is 2. The summed E-state index contributed by atoms with van der Waals surface area (Å²) in [6, 6.07) is 16.9. The number of nitro groups is 1. The van der Waals surface area contributed by atoms with Crippen LogP contribution in [0.25, 0.3) is 6.08 Å². The van der Waals surface area contributed by atoms with Crippen LogP contribution in [0, 0.1) is 10.1 Å². The summed E-state index contributed by atoms with van der Waals surface area (Å²) in [5.74, 6) is -1.22. The number of anilines is 1. The van der Waals surface area contributed by atoms with Crippen LogP contribution in [0.1, 0.15) is 5.56 Å². The van der Waals surface area contributed by atoms with E-state index in [1.807, 2.05) is 0 Å². The standard InChI is InChI=1S/C23H13Cl2N3O5S/c24-14-6-8-15(9-7-14)27-22(30)16(21(29)26-23(27)34)11-13-5-10-20(18(12-13)28(31)32)33-19-4-2-1-3-17(19)25/h1-12H,(H,26,29,34)/b16-11+. The molecule has 0 bridgehead atoms. The highest BCUT2D eigenvalue weighted by atomic mass is 35.5. The Morgan fingerprint density at radius 3 is 2.38 bits per heavy atom. The number of thiocarbonyl (C=S) groups is 1. The van der Waals surface area contributed by atoms with Gasteiger partial charge in [-0.05, 0) is 66.3 Å². The predicted octanol–water partition coefficient (Wildman–Crippen LogP) is 5.53. The molecule has 1 aliphatic heterocycles. The lowest BCUT2D eigenvalue weighted by molar-refractivity contribution is -0.385. The summed E-state index contributed by atoms with van der Waals surface area (Å²) in [4.78, 5) is 37.8. The fourth-order valence-electron chi connectivity index (χ4n) is 3.15. The molecule has 3 aromatic rings. The summed E-state index contributed by atoms with van der Waals surface area (Å²) in [7, 11) is 0. The van der Waals surface area contributed by atoms with Crippen LogP contribution in [-0.2, 0) is 9.59 Å². The molecule has 0 saturated carbocycles. The van der Waals surface area contributed by atoms with Gasteiger partial charge in [-0.15, -0.1) is 0 Å². The maximum atomic E-state index is 13.1. The van der Waals surface area contributed by atoms with E-state index in [0.717, 1.165) is 4.90 Å². The second kappa shape index (κ2) is 9.60. The Labute approximate surface area is 208 Å². The predicted molar refractivity (Wildman–Crippen MR) is 132 cm³/mol. The minimum absolute atomic E-state index is 0.0522. The number of hydrogen-bond acceptors (Lipinski definition) is 6. The number of nitro benzene ring substituents is 1. The van der Waals surface area contributed by atoms with Gasteiger partial charge in [0.1, 0.15) is 11.3 Å². The van der Waals surface area contributed by atoms with Crippen LogP contribution in [-0.4, -0.2) is 21.9 Å². The zero-order valence-electron chi connectivity index (χ0n) is 17.0. The second-order valence-electron chi connectivity index (χ2n) is 6.95. The number of amides is 2. The molecule has 11 heteroatoms. The van der Waals surface area contributed by atoms with Gasteiger partial charge in [0.2, 0.25) is 5.75 Å². The van der Waals surface area contributed by atoms with Gasteiger partial charge in [0.15, 0.2) is 5.11 Å². The van der Waals surface area contributed by atoms with Crippen LogP contribution < -0.4 is 15.0 Å². The number of hydrogen-bond donors (Lipinski definition) is 1. The molecule has 1 aliphatic rings. The number of benzene rings is 3. The van der Waals surface area contributed by atoms with Crippen LogP contribution in [0.4, 0.5) is 11.4 Å². The van der Waals surface area contributed by atoms with E-state index in [4.69, 9.17) is 40.2 Å². The Bertz CT molecular complexity index is 1380. The summed E-state index contributed by atoms with van der Waals surface area (Å²) in [5, 5.41) is 14.8. The molecule has 34 heavy (non-hydrogen) atoms. The lowest BCUT2D eigenvalue weighted by Gasteiger charge is -2.28. The highest BCUT2D eigenvalue weighted by molar-refractivity contribution is 7.80. The molecule has 3 aromatic carbocycles. The van der Waals surface area contributed by atoms with Gasteiger partial charge >= 0.3 is 5.69 Å². The van der Waals surface area contributed by atoms with Gasteiger partial charge in [-0.1, -0.05) is 41.4 Å². The molecule has 0 aliphatic carbocycles. The van der Waals surface area contributed by atoms with Crippen molar-refractivity contribution in [3.8, 4) is 11.5 Å². The van der Waals surface area contributed by atoms with E-state index in [0.29, 0.717) is 10.7 Å². The molecule has 0 radical (unpaired) electrons. The lowest BCUT2D eigenvalue weighted by Crippen LogP contribution is -2.54. The Balaban J connectivity index is 1.70. The number of ether oxygens (including phenoxy) is 1. The number of nitrogens with one attached hydrogen (secondary N) is 1. The van der Waals surface area contributed by atoms with Crippen molar-refractivity contribution >= 4 is 69.8 Å². The maximum absolute atomic E-state index is 13.1. The minimum atomic E-state index is -0.723. The van der Waals surface area contributed by atoms with Crippen LogP contribution in [0.15, 0.2) is 72.3 Å². The van der Waals surface area contributed by atoms with Gasteiger partial charge in [-0.3, -0.25) is 29.9 Å². The zero-order valence-corrected chi connectivity index (χ0v) is 19.4. The van der Waals surface area contributed by atoms with Gasteiger partial charge in [-0.2, -0.15) is 0 Å². The molecule has 0 unspecified atom stereocenters. The largest absolute Gasteiger partial charge is 0.449 e. The Kier molecular flexibility index (Phi) is 6.60. The third-order valence-corrected chi connectivity index (χ3v) is 5.58. The van der Waals surface area contributed by atoms with Crippen molar-refractivity contribution in [1.82, 2.24) is 5.32 Å². The van der Waals surface area contributed by atoms with Gasteiger partial charge in [0.05, 0.1) is 15.6 Å². The number of para-hydroxylation sites is 1. The van der Waals surface area contributed by atoms with E-state index in [1.54, 1.807) is 48.5 Å². The minimum Gasteiger partial charge on any atom is -0.449 e. The summed E-state index contributed by atoms with van der Waals surface area (Å²) in [6.45, 7) is 0. The third-order valence-electron chi connectivity index (χ3n) is 4.73. The highest BCUT2D eigenvalue weighted by Crippen LogP contribution is 2.36. The Hall–Kier alpha value is -3.79. The van der Waals surface area contributed by atoms with Gasteiger partial charge in [0, 0.05) is 11.1 Å². The second-order valence-corrected chi connectivity index (χ2v) is 8.18. The Morgan fingerprint density at radius 1 is 1.00 bits per heavy atom. The van der Waals surface area contributed by atoms with E-state index < -0.39 is 16.7 Å². The lowest BCUT2D eigenvalue weighted by atomic mass is 10.1. The zero-order chi connectivity index (χ0) is 24.4. The van der Waals surface area contributed by atoms with Crippen molar-refractivity contribution in [2.24, 2.45) is 0 Å². The summed E-state index contributed by atoms with van der Waals surface area (Å²) in [6.07, 6.45) is 1.24. The van der Waals surface area contributed by atoms with Gasteiger partial charge in [0.25, 0.3) is 11.8 Å². The van der Waals surface area contributed by atoms with Crippen molar-refractivity contribution in [1.29, 1.82) is 0 Å². The molecule has 0 atom stereocenters. The van der Waals surface area contributed by atoms with Crippen LogP contribution >= 0.6 is 35.4 Å². The first-order valence-electron chi connectivity index (χ1n) is 9.62. The molecule has 1 heterocycles. The average Bonchev–Trinajstić information content (AvgIpc) is 2.80. The molecule has 2 amide bonds. The number of halogens is 2. The molecular formula is C23H13Cl2N3O5S. The molecule has 4 rings (SSSR count). The summed E-state index contributed by atoms with van der Waals surface area (Å²) in [5.41, 5.74) is 0.0148. The number of carbonyl (C=O) groups is 2. The van der Waals surface area contributed by atoms with E-state index in [9.17, 15) is 19.7 Å². The first-order chi connectivity index (χ1) is 16.2. The van der Waals surface area contributed by atoms with Crippen LogP contribution in [0.2, 0.25) is 10.0 Å². The third kappa shape index (κ3) is 4.76. The van der Waals surface area contributed by atoms with Crippen molar-refractivity contribution < 1.29 is 19.2 Å². The molecule has 170 valence electrons. The highest BCUT2D eigenvalue weighted by Gasteiger charge is 2.34. The fourth-order valence-corrected chi connectivity index (χ4v) is 3.73. The molecule has 1 saturated heterocycles. The smallest absolute Gasteiger partial charge is 0.312 e. The monoisotopic (exact) mass is 513 g/mol. The van der Waals surface area contributed by atoms with E-state index in [-0.39, 0.29) is 38.5 Å². The normalized spacial score (nSPS) is 14.8. The van der Waals surface area contributed by atoms with E-state index >= 15 is 0 Å². The van der Waals surface area contributed by atoms with Crippen molar-refractivity contribution in [3.63, 3.8) is 0 Å². The van der Waals surface area contributed by atoms with E-state index in [1.165, 1.54) is 24.3 Å². The van der Waals surface area contributed by atoms with Crippen molar-refractivity contribution in [3.05, 3.63) is 98.0 Å². The first-order valence-corrected chi connectivity index (χ1v) is 10.8.